The molecule has 0 atom stereocenters. The number of benzene rings is 2. The van der Waals surface area contributed by atoms with E-state index in [1.54, 1.807) is 12.1 Å². The van der Waals surface area contributed by atoms with Gasteiger partial charge in [0.15, 0.2) is 5.03 Å². The quantitative estimate of drug-likeness (QED) is 0.473. The van der Waals surface area contributed by atoms with Crippen LogP contribution in [0.2, 0.25) is 0 Å². The van der Waals surface area contributed by atoms with Crippen LogP contribution in [0.3, 0.4) is 0 Å². The molecule has 5 heteroatoms. The normalized spacial score (nSPS) is 8.71. The predicted octanol–water partition coefficient (Wildman–Crippen LogP) is 2.56. The molecule has 2 aromatic carbocycles. The lowest BCUT2D eigenvalue weighted by Crippen LogP contribution is -2.07. The van der Waals surface area contributed by atoms with Crippen molar-refractivity contribution in [3.8, 4) is 0 Å². The molecule has 0 unspecified atom stereocenters. The van der Waals surface area contributed by atoms with Crippen LogP contribution in [0, 0.1) is 10.1 Å². The van der Waals surface area contributed by atoms with Gasteiger partial charge >= 0.3 is 0 Å². The van der Waals surface area contributed by atoms with Crippen molar-refractivity contribution in [3.63, 3.8) is 0 Å². The topological polar surface area (TPSA) is 81.2 Å². The molecular weight excluding hydrogens is 218 g/mol. The summed E-state index contributed by atoms with van der Waals surface area (Å²) in [6, 6.07) is 18.3. The lowest BCUT2D eigenvalue weighted by atomic mass is 10.3. The fraction of sp³-hybridized carbons (Fsp3) is 0. The minimum Gasteiger partial charge on any atom is -0.399 e. The lowest BCUT2D eigenvalue weighted by Gasteiger charge is -1.96. The van der Waals surface area contributed by atoms with Crippen LogP contribution in [0.15, 0.2) is 60.7 Å². The van der Waals surface area contributed by atoms with E-state index in [1.807, 2.05) is 41.8 Å². The first-order valence-corrected chi connectivity index (χ1v) is 4.95. The minimum atomic E-state index is -0.620. The molecule has 0 spiro atoms. The van der Waals surface area contributed by atoms with E-state index < -0.39 is 5.03 Å². The molecule has 2 aromatic rings. The Morgan fingerprint density at radius 1 is 0.941 bits per heavy atom. The van der Waals surface area contributed by atoms with Gasteiger partial charge < -0.3 is 5.73 Å². The molecule has 0 saturated heterocycles. The number of nitrogens with two attached hydrogens (primary N) is 1. The highest BCUT2D eigenvalue weighted by Gasteiger charge is 1.95. The van der Waals surface area contributed by atoms with Crippen LogP contribution in [0.25, 0.3) is 0 Å². The number of nitrogens with zero attached hydrogens (tertiary/aromatic N) is 1. The molecule has 5 nitrogen and oxygen atoms in total. The van der Waals surface area contributed by atoms with Gasteiger partial charge in [0.05, 0.1) is 0 Å². The van der Waals surface area contributed by atoms with Crippen molar-refractivity contribution in [2.24, 2.45) is 0 Å². The van der Waals surface area contributed by atoms with Crippen LogP contribution in [-0.4, -0.2) is 5.03 Å². The van der Waals surface area contributed by atoms with E-state index in [-0.39, 0.29) is 0 Å². The monoisotopic (exact) mass is 231 g/mol. The molecule has 0 bridgehead atoms. The van der Waals surface area contributed by atoms with Gasteiger partial charge in [-0.25, -0.2) is 10.1 Å². The van der Waals surface area contributed by atoms with Gasteiger partial charge in [-0.2, -0.15) is 0 Å². The van der Waals surface area contributed by atoms with Gasteiger partial charge in [0.1, 0.15) is 5.69 Å². The summed E-state index contributed by atoms with van der Waals surface area (Å²) in [5.41, 5.74) is 8.36. The van der Waals surface area contributed by atoms with Crippen LogP contribution >= 0.6 is 0 Å². The Bertz CT molecular complexity index is 416. The first-order chi connectivity index (χ1) is 8.18. The highest BCUT2D eigenvalue weighted by molar-refractivity contribution is 5.49. The van der Waals surface area contributed by atoms with Gasteiger partial charge in [0.25, 0.3) is 0 Å². The Morgan fingerprint density at radius 3 is 1.71 bits per heavy atom. The largest absolute Gasteiger partial charge is 0.399 e. The summed E-state index contributed by atoms with van der Waals surface area (Å²) in [6.45, 7) is 0. The van der Waals surface area contributed by atoms with E-state index in [1.165, 1.54) is 12.1 Å². The van der Waals surface area contributed by atoms with Crippen molar-refractivity contribution in [3.05, 3.63) is 70.8 Å². The number of rotatable bonds is 2. The summed E-state index contributed by atoms with van der Waals surface area (Å²) in [5, 5.41) is 9.30. The van der Waals surface area contributed by atoms with Crippen LogP contribution in [-0.2, 0) is 0 Å². The molecular formula is C12H13N3O2. The van der Waals surface area contributed by atoms with Gasteiger partial charge in [0, 0.05) is 5.69 Å². The molecule has 0 saturated carbocycles. The first-order valence-electron chi connectivity index (χ1n) is 4.95. The van der Waals surface area contributed by atoms with E-state index in [0.717, 1.165) is 0 Å². The average molecular weight is 231 g/mol. The first kappa shape index (κ1) is 12.5. The second-order valence-electron chi connectivity index (χ2n) is 3.15. The molecule has 0 heterocycles. The second-order valence-corrected chi connectivity index (χ2v) is 3.15. The number of hydrogen-bond acceptors (Lipinski definition) is 3. The third kappa shape index (κ3) is 5.78. The Labute approximate surface area is 99.0 Å². The van der Waals surface area contributed by atoms with E-state index in [0.29, 0.717) is 11.4 Å². The van der Waals surface area contributed by atoms with Crippen LogP contribution in [0.4, 0.5) is 11.4 Å². The molecule has 0 aliphatic heterocycles. The Hall–Kier alpha value is -2.56. The number of nitrogen functional groups attached to an aromatic ring is 1. The van der Waals surface area contributed by atoms with E-state index >= 15 is 0 Å². The number of nitrogens with one attached hydrogen (secondary N) is 1. The lowest BCUT2D eigenvalue weighted by molar-refractivity contribution is -0.445. The van der Waals surface area contributed by atoms with Crippen molar-refractivity contribution >= 4 is 11.4 Å². The fourth-order valence-electron chi connectivity index (χ4n) is 1.05. The SMILES string of the molecule is Nc1ccc(N[N+](=O)[O-])cc1.c1ccccc1. The minimum absolute atomic E-state index is 0.421. The Kier molecular flexibility index (Phi) is 5.03. The van der Waals surface area contributed by atoms with Gasteiger partial charge in [-0.15, -0.1) is 5.43 Å². The highest BCUT2D eigenvalue weighted by atomic mass is 16.7. The summed E-state index contributed by atoms with van der Waals surface area (Å²) in [7, 11) is 0. The van der Waals surface area contributed by atoms with Crippen molar-refractivity contribution in [1.82, 2.24) is 0 Å². The summed E-state index contributed by atoms with van der Waals surface area (Å²) < 4.78 is 0. The molecule has 0 radical (unpaired) electrons. The van der Waals surface area contributed by atoms with Crippen LogP contribution in [0.5, 0.6) is 0 Å². The highest BCUT2D eigenvalue weighted by Crippen LogP contribution is 2.09. The van der Waals surface area contributed by atoms with Gasteiger partial charge in [-0.05, 0) is 24.3 Å². The summed E-state index contributed by atoms with van der Waals surface area (Å²) in [5.74, 6) is 0. The zero-order valence-electron chi connectivity index (χ0n) is 9.11. The van der Waals surface area contributed by atoms with E-state index in [4.69, 9.17) is 5.73 Å². The van der Waals surface area contributed by atoms with Gasteiger partial charge in [0.2, 0.25) is 0 Å². The fourth-order valence-corrected chi connectivity index (χ4v) is 1.05. The summed E-state index contributed by atoms with van der Waals surface area (Å²) in [6.07, 6.45) is 0. The predicted molar refractivity (Wildman–Crippen MR) is 67.9 cm³/mol. The van der Waals surface area contributed by atoms with Crippen molar-refractivity contribution < 1.29 is 5.03 Å². The maximum Gasteiger partial charge on any atom is 0.162 e. The number of hydrogen-bond donors (Lipinski definition) is 2. The zero-order chi connectivity index (χ0) is 12.5. The zero-order valence-corrected chi connectivity index (χ0v) is 9.11. The third-order valence-corrected chi connectivity index (χ3v) is 1.80. The molecule has 0 amide bonds. The van der Waals surface area contributed by atoms with Crippen molar-refractivity contribution in [1.29, 1.82) is 0 Å². The number of hydrazine groups is 1. The average Bonchev–Trinajstić information content (AvgIpc) is 2.35. The molecule has 88 valence electrons. The molecule has 17 heavy (non-hydrogen) atoms. The molecule has 0 aliphatic rings. The second kappa shape index (κ2) is 6.84. The maximum atomic E-state index is 9.92. The molecule has 0 aromatic heterocycles. The number of nitro groups is 1. The van der Waals surface area contributed by atoms with Crippen LogP contribution < -0.4 is 11.2 Å². The van der Waals surface area contributed by atoms with Crippen molar-refractivity contribution in [2.45, 2.75) is 0 Å². The Balaban J connectivity index is 0.000000202. The smallest absolute Gasteiger partial charge is 0.162 e. The van der Waals surface area contributed by atoms with Gasteiger partial charge in [-0.3, -0.25) is 0 Å². The molecule has 3 N–H and O–H groups in total. The summed E-state index contributed by atoms with van der Waals surface area (Å²) in [4.78, 5) is 9.92. The maximum absolute atomic E-state index is 9.92. The van der Waals surface area contributed by atoms with Crippen LogP contribution in [0.1, 0.15) is 0 Å². The molecule has 0 aliphatic carbocycles. The van der Waals surface area contributed by atoms with Crippen molar-refractivity contribution in [2.75, 3.05) is 11.2 Å². The third-order valence-electron chi connectivity index (χ3n) is 1.80. The van der Waals surface area contributed by atoms with E-state index in [9.17, 15) is 10.1 Å². The van der Waals surface area contributed by atoms with Gasteiger partial charge in [-0.1, -0.05) is 36.4 Å². The molecule has 2 rings (SSSR count). The Morgan fingerprint density at radius 2 is 1.35 bits per heavy atom. The standard InChI is InChI=1S/C6H7N3O2.C6H6/c7-5-1-3-6(4-2-5)8-9(10)11;1-2-4-6-5-3-1/h1-4,8H,7H2;1-6H. The molecule has 0 fully saturated rings. The number of anilines is 2. The summed E-state index contributed by atoms with van der Waals surface area (Å²) >= 11 is 0. The van der Waals surface area contributed by atoms with E-state index in [2.05, 4.69) is 0 Å².